The predicted molar refractivity (Wildman–Crippen MR) is 41.9 cm³/mol. The summed E-state index contributed by atoms with van der Waals surface area (Å²) in [6.45, 7) is 2.46. The van der Waals surface area contributed by atoms with Crippen molar-refractivity contribution in [1.29, 1.82) is 0 Å². The van der Waals surface area contributed by atoms with Crippen LogP contribution in [0.25, 0.3) is 0 Å². The van der Waals surface area contributed by atoms with Gasteiger partial charge in [-0.05, 0) is 6.92 Å². The van der Waals surface area contributed by atoms with Crippen LogP contribution >= 0.6 is 0 Å². The molecular formula is C7H12N2O2. The summed E-state index contributed by atoms with van der Waals surface area (Å²) in [6, 6.07) is -0.839. The molecule has 0 spiro atoms. The second kappa shape index (κ2) is 5.71. The molecule has 0 aromatic carbocycles. The Kier molecular flexibility index (Phi) is 5.17. The average Bonchev–Trinajstić information content (AvgIpc) is 1.97. The van der Waals surface area contributed by atoms with E-state index in [1.165, 1.54) is 0 Å². The molecule has 4 nitrogen and oxygen atoms in total. The minimum Gasteiger partial charge on any atom is -0.480 e. The Balaban J connectivity index is 3.36. The molecule has 4 N–H and O–H groups in total. The monoisotopic (exact) mass is 156 g/mol. The number of carbonyl (C=O) groups is 1. The number of aliphatic carboxylic acids is 1. The first-order valence-electron chi connectivity index (χ1n) is 3.27. The van der Waals surface area contributed by atoms with E-state index in [2.05, 4.69) is 17.2 Å². The molecule has 0 radical (unpaired) electrons. The molecule has 0 aliphatic carbocycles. The minimum atomic E-state index is -0.998. The molecule has 0 saturated heterocycles. The van der Waals surface area contributed by atoms with Crippen LogP contribution in [-0.2, 0) is 4.79 Å². The van der Waals surface area contributed by atoms with Gasteiger partial charge in [-0.1, -0.05) is 5.92 Å². The lowest BCUT2D eigenvalue weighted by Gasteiger charge is -2.04. The van der Waals surface area contributed by atoms with E-state index in [0.29, 0.717) is 6.54 Å². The quantitative estimate of drug-likeness (QED) is 0.361. The van der Waals surface area contributed by atoms with Crippen LogP contribution in [0.5, 0.6) is 0 Å². The van der Waals surface area contributed by atoms with Crippen molar-refractivity contribution >= 4 is 5.97 Å². The van der Waals surface area contributed by atoms with Crippen molar-refractivity contribution in [2.45, 2.75) is 13.0 Å². The Labute approximate surface area is 65.8 Å². The number of hydrogen-bond donors (Lipinski definition) is 3. The van der Waals surface area contributed by atoms with Crippen molar-refractivity contribution in [3.05, 3.63) is 0 Å². The summed E-state index contributed by atoms with van der Waals surface area (Å²) in [5.74, 6) is 4.40. The van der Waals surface area contributed by atoms with Crippen LogP contribution in [0.1, 0.15) is 6.92 Å². The van der Waals surface area contributed by atoms with Gasteiger partial charge in [0.25, 0.3) is 0 Å². The van der Waals surface area contributed by atoms with Crippen LogP contribution in [0.2, 0.25) is 0 Å². The first-order valence-corrected chi connectivity index (χ1v) is 3.27. The molecule has 0 bridgehead atoms. The van der Waals surface area contributed by atoms with E-state index in [9.17, 15) is 4.79 Å². The maximum Gasteiger partial charge on any atom is 0.321 e. The second-order valence-electron chi connectivity index (χ2n) is 2.00. The van der Waals surface area contributed by atoms with Crippen LogP contribution in [0.4, 0.5) is 0 Å². The van der Waals surface area contributed by atoms with Gasteiger partial charge >= 0.3 is 5.97 Å². The van der Waals surface area contributed by atoms with Crippen molar-refractivity contribution in [2.75, 3.05) is 13.1 Å². The molecule has 0 amide bonds. The predicted octanol–water partition coefficient (Wildman–Crippen LogP) is -0.989. The van der Waals surface area contributed by atoms with E-state index >= 15 is 0 Å². The van der Waals surface area contributed by atoms with Crippen molar-refractivity contribution in [3.8, 4) is 11.8 Å². The number of carboxylic acid groups (broad SMARTS) is 1. The molecule has 0 aromatic heterocycles. The van der Waals surface area contributed by atoms with Gasteiger partial charge in [0.15, 0.2) is 0 Å². The largest absolute Gasteiger partial charge is 0.480 e. The first-order chi connectivity index (χ1) is 5.18. The number of nitrogens with one attached hydrogen (secondary N) is 1. The van der Waals surface area contributed by atoms with Gasteiger partial charge in [-0.15, -0.1) is 5.92 Å². The lowest BCUT2D eigenvalue weighted by molar-refractivity contribution is -0.138. The topological polar surface area (TPSA) is 75.3 Å². The van der Waals surface area contributed by atoms with Gasteiger partial charge in [-0.3, -0.25) is 4.79 Å². The zero-order valence-corrected chi connectivity index (χ0v) is 6.42. The highest BCUT2D eigenvalue weighted by molar-refractivity contribution is 5.73. The summed E-state index contributed by atoms with van der Waals surface area (Å²) in [7, 11) is 0. The molecule has 0 saturated carbocycles. The van der Waals surface area contributed by atoms with E-state index in [-0.39, 0.29) is 6.54 Å². The normalized spacial score (nSPS) is 11.5. The Hall–Kier alpha value is -1.05. The fourth-order valence-electron chi connectivity index (χ4n) is 0.466. The van der Waals surface area contributed by atoms with Crippen molar-refractivity contribution in [1.82, 2.24) is 5.32 Å². The molecule has 11 heavy (non-hydrogen) atoms. The average molecular weight is 156 g/mol. The fraction of sp³-hybridized carbons (Fsp3) is 0.571. The lowest BCUT2D eigenvalue weighted by atomic mass is 10.3. The van der Waals surface area contributed by atoms with E-state index in [4.69, 9.17) is 10.8 Å². The molecule has 1 unspecified atom stereocenters. The molecule has 0 fully saturated rings. The van der Waals surface area contributed by atoms with Gasteiger partial charge in [-0.25, -0.2) is 0 Å². The summed E-state index contributed by atoms with van der Waals surface area (Å²) < 4.78 is 0. The summed E-state index contributed by atoms with van der Waals surface area (Å²) in [5, 5.41) is 11.1. The SMILES string of the molecule is CC#CCNCC(N)C(=O)O. The standard InChI is InChI=1S/C7H12N2O2/c1-2-3-4-9-5-6(8)7(10)11/h6,9H,4-5,8H2,1H3,(H,10,11). The van der Waals surface area contributed by atoms with Crippen molar-refractivity contribution < 1.29 is 9.90 Å². The Bertz CT molecular complexity index is 181. The van der Waals surface area contributed by atoms with Gasteiger partial charge in [-0.2, -0.15) is 0 Å². The number of nitrogens with two attached hydrogens (primary N) is 1. The zero-order chi connectivity index (χ0) is 8.69. The summed E-state index contributed by atoms with van der Waals surface area (Å²) in [4.78, 5) is 10.2. The van der Waals surface area contributed by atoms with Crippen LogP contribution < -0.4 is 11.1 Å². The third-order valence-electron chi connectivity index (χ3n) is 1.07. The third-order valence-corrected chi connectivity index (χ3v) is 1.07. The zero-order valence-electron chi connectivity index (χ0n) is 6.42. The molecule has 4 heteroatoms. The van der Waals surface area contributed by atoms with Gasteiger partial charge in [0.05, 0.1) is 6.54 Å². The highest BCUT2D eigenvalue weighted by atomic mass is 16.4. The summed E-state index contributed by atoms with van der Waals surface area (Å²) in [5.41, 5.74) is 5.19. The Morgan fingerprint density at radius 2 is 2.45 bits per heavy atom. The van der Waals surface area contributed by atoms with Crippen molar-refractivity contribution in [2.24, 2.45) is 5.73 Å². The van der Waals surface area contributed by atoms with Crippen LogP contribution in [0.3, 0.4) is 0 Å². The molecule has 0 heterocycles. The molecule has 0 rings (SSSR count). The van der Waals surface area contributed by atoms with Gasteiger partial charge in [0.2, 0.25) is 0 Å². The van der Waals surface area contributed by atoms with E-state index in [1.54, 1.807) is 6.92 Å². The maximum absolute atomic E-state index is 10.2. The smallest absolute Gasteiger partial charge is 0.321 e. The molecule has 62 valence electrons. The minimum absolute atomic E-state index is 0.254. The summed E-state index contributed by atoms with van der Waals surface area (Å²) in [6.07, 6.45) is 0. The first kappa shape index (κ1) is 9.95. The Morgan fingerprint density at radius 3 is 2.91 bits per heavy atom. The van der Waals surface area contributed by atoms with Gasteiger partial charge < -0.3 is 16.2 Å². The fourth-order valence-corrected chi connectivity index (χ4v) is 0.466. The second-order valence-corrected chi connectivity index (χ2v) is 2.00. The molecule has 0 aliphatic heterocycles. The molecular weight excluding hydrogens is 144 g/mol. The Morgan fingerprint density at radius 1 is 1.82 bits per heavy atom. The van der Waals surface area contributed by atoms with Crippen LogP contribution in [0, 0.1) is 11.8 Å². The highest BCUT2D eigenvalue weighted by Gasteiger charge is 2.08. The lowest BCUT2D eigenvalue weighted by Crippen LogP contribution is -2.40. The maximum atomic E-state index is 10.2. The van der Waals surface area contributed by atoms with E-state index < -0.39 is 12.0 Å². The molecule has 1 atom stereocenters. The highest BCUT2D eigenvalue weighted by Crippen LogP contribution is 1.73. The molecule has 0 aromatic rings. The van der Waals surface area contributed by atoms with Gasteiger partial charge in [0.1, 0.15) is 6.04 Å². The number of rotatable bonds is 4. The van der Waals surface area contributed by atoms with Crippen molar-refractivity contribution in [3.63, 3.8) is 0 Å². The summed E-state index contributed by atoms with van der Waals surface area (Å²) >= 11 is 0. The van der Waals surface area contributed by atoms with Crippen LogP contribution in [-0.4, -0.2) is 30.2 Å². The van der Waals surface area contributed by atoms with E-state index in [1.807, 2.05) is 0 Å². The number of carboxylic acids is 1. The van der Waals surface area contributed by atoms with Gasteiger partial charge in [0, 0.05) is 6.54 Å². The van der Waals surface area contributed by atoms with Crippen LogP contribution in [0.15, 0.2) is 0 Å². The number of hydrogen-bond acceptors (Lipinski definition) is 3. The third kappa shape index (κ3) is 5.40. The van der Waals surface area contributed by atoms with E-state index in [0.717, 1.165) is 0 Å². The molecule has 0 aliphatic rings.